The summed E-state index contributed by atoms with van der Waals surface area (Å²) in [5.74, 6) is 2.65. The lowest BCUT2D eigenvalue weighted by molar-refractivity contribution is 0.368. The molecule has 3 aliphatic carbocycles. The third-order valence-corrected chi connectivity index (χ3v) is 8.38. The van der Waals surface area contributed by atoms with Crippen LogP contribution in [0.1, 0.15) is 36.0 Å². The Hall–Kier alpha value is -3.84. The molecule has 0 saturated heterocycles. The van der Waals surface area contributed by atoms with Crippen molar-refractivity contribution in [3.63, 3.8) is 0 Å². The molecule has 0 amide bonds. The topological polar surface area (TPSA) is 9.23 Å². The van der Waals surface area contributed by atoms with Crippen LogP contribution in [-0.4, -0.2) is 0 Å². The van der Waals surface area contributed by atoms with Gasteiger partial charge in [-0.05, 0) is 58.4 Å². The molecule has 4 aromatic rings. The molecule has 34 heavy (non-hydrogen) atoms. The van der Waals surface area contributed by atoms with Gasteiger partial charge in [-0.25, -0.2) is 0 Å². The maximum atomic E-state index is 7.00. The van der Waals surface area contributed by atoms with E-state index in [9.17, 15) is 0 Å². The fraction of sp³-hybridized carbons (Fsp3) is 0.152. The minimum atomic E-state index is -0.358. The molecule has 1 atom stereocenters. The summed E-state index contributed by atoms with van der Waals surface area (Å²) in [6.07, 6.45) is 10.6. The van der Waals surface area contributed by atoms with Crippen molar-refractivity contribution in [1.29, 1.82) is 0 Å². The van der Waals surface area contributed by atoms with Crippen molar-refractivity contribution in [1.82, 2.24) is 0 Å². The second kappa shape index (κ2) is 6.61. The molecule has 0 fully saturated rings. The molecule has 4 aromatic carbocycles. The number of ether oxygens (including phenoxy) is 1. The molecule has 1 nitrogen and oxygen atoms in total. The minimum Gasteiger partial charge on any atom is -0.456 e. The van der Waals surface area contributed by atoms with E-state index in [4.69, 9.17) is 4.74 Å². The predicted octanol–water partition coefficient (Wildman–Crippen LogP) is 8.10. The normalized spacial score (nSPS) is 20.7. The van der Waals surface area contributed by atoms with Crippen LogP contribution in [0, 0.1) is 5.92 Å². The van der Waals surface area contributed by atoms with Crippen molar-refractivity contribution in [2.45, 2.75) is 24.7 Å². The van der Waals surface area contributed by atoms with Crippen LogP contribution in [0.25, 0.3) is 21.9 Å². The van der Waals surface area contributed by atoms with E-state index in [0.29, 0.717) is 5.92 Å². The number of benzene rings is 4. The van der Waals surface area contributed by atoms with Crippen LogP contribution in [0.3, 0.4) is 0 Å². The Morgan fingerprint density at radius 3 is 2.29 bits per heavy atom. The van der Waals surface area contributed by atoms with Gasteiger partial charge in [0.05, 0.1) is 5.41 Å². The van der Waals surface area contributed by atoms with Gasteiger partial charge in [0, 0.05) is 16.5 Å². The molecule has 4 aliphatic rings. The summed E-state index contributed by atoms with van der Waals surface area (Å²) >= 11 is 0. The first-order valence-corrected chi connectivity index (χ1v) is 12.4. The maximum Gasteiger partial charge on any atom is 0.140 e. The first kappa shape index (κ1) is 18.6. The molecule has 0 saturated carbocycles. The lowest BCUT2D eigenvalue weighted by Crippen LogP contribution is -2.38. The van der Waals surface area contributed by atoms with Gasteiger partial charge in [0.25, 0.3) is 0 Å². The van der Waals surface area contributed by atoms with Gasteiger partial charge in [-0.2, -0.15) is 0 Å². The highest BCUT2D eigenvalue weighted by atomic mass is 16.5. The fourth-order valence-corrected chi connectivity index (χ4v) is 6.96. The van der Waals surface area contributed by atoms with Gasteiger partial charge in [-0.1, -0.05) is 103 Å². The van der Waals surface area contributed by atoms with Crippen molar-refractivity contribution < 1.29 is 4.74 Å². The highest BCUT2D eigenvalue weighted by Gasteiger charge is 2.54. The van der Waals surface area contributed by atoms with Crippen LogP contribution in [-0.2, 0) is 5.41 Å². The predicted molar refractivity (Wildman–Crippen MR) is 138 cm³/mol. The molecule has 1 aliphatic heterocycles. The van der Waals surface area contributed by atoms with Gasteiger partial charge in [0.2, 0.25) is 0 Å². The second-order valence-corrected chi connectivity index (χ2v) is 9.92. The zero-order valence-corrected chi connectivity index (χ0v) is 18.9. The van der Waals surface area contributed by atoms with E-state index < -0.39 is 0 Å². The molecule has 0 radical (unpaired) electrons. The summed E-state index contributed by atoms with van der Waals surface area (Å²) in [5, 5.41) is 2.41. The summed E-state index contributed by atoms with van der Waals surface area (Å²) in [4.78, 5) is 0. The SMILES string of the molecule is C1=CC2=C3Oc4c(ccc5ccccc45)C4(C3=CCC2CC1)c1ccccc1-c1ccccc14. The number of hydrogen-bond donors (Lipinski definition) is 0. The molecule has 1 heterocycles. The standard InChI is InChI=1S/C33H24O/c1-3-11-23-21(9-1)17-19-29-31(23)34-32-24-12-4-2-10-22(24)18-20-30(32)33(29)27-15-7-5-13-25(27)26-14-6-8-16-28(26)33/h1,3-9,11-17,19-20,22H,2,10,18H2. The molecule has 1 spiro atoms. The molecule has 0 N–H and O–H groups in total. The van der Waals surface area contributed by atoms with E-state index in [1.807, 2.05) is 0 Å². The van der Waals surface area contributed by atoms with E-state index in [-0.39, 0.29) is 5.41 Å². The van der Waals surface area contributed by atoms with E-state index >= 15 is 0 Å². The van der Waals surface area contributed by atoms with Crippen molar-refractivity contribution in [2.75, 3.05) is 0 Å². The second-order valence-electron chi connectivity index (χ2n) is 9.92. The van der Waals surface area contributed by atoms with Crippen LogP contribution < -0.4 is 4.74 Å². The quantitative estimate of drug-likeness (QED) is 0.271. The number of hydrogen-bond acceptors (Lipinski definition) is 1. The average molecular weight is 437 g/mol. The Labute approximate surface area is 199 Å². The van der Waals surface area contributed by atoms with Crippen molar-refractivity contribution in [3.8, 4) is 16.9 Å². The van der Waals surface area contributed by atoms with Crippen molar-refractivity contribution in [3.05, 3.63) is 137 Å². The first-order valence-electron chi connectivity index (χ1n) is 12.4. The minimum absolute atomic E-state index is 0.358. The van der Waals surface area contributed by atoms with Crippen LogP contribution >= 0.6 is 0 Å². The van der Waals surface area contributed by atoms with Crippen LogP contribution in [0.5, 0.6) is 5.75 Å². The largest absolute Gasteiger partial charge is 0.456 e. The van der Waals surface area contributed by atoms with E-state index in [2.05, 4.69) is 103 Å². The Morgan fingerprint density at radius 2 is 1.47 bits per heavy atom. The van der Waals surface area contributed by atoms with Gasteiger partial charge in [-0.15, -0.1) is 0 Å². The fourth-order valence-electron chi connectivity index (χ4n) is 6.96. The first-order chi connectivity index (χ1) is 16.9. The summed E-state index contributed by atoms with van der Waals surface area (Å²) < 4.78 is 7.00. The summed E-state index contributed by atoms with van der Waals surface area (Å²) in [6, 6.07) is 31.2. The summed E-state index contributed by atoms with van der Waals surface area (Å²) in [7, 11) is 0. The molecule has 0 aromatic heterocycles. The van der Waals surface area contributed by atoms with E-state index in [0.717, 1.165) is 24.4 Å². The molecular formula is C33H24O. The zero-order valence-electron chi connectivity index (χ0n) is 18.9. The zero-order chi connectivity index (χ0) is 22.3. The van der Waals surface area contributed by atoms with Gasteiger partial charge in [0.1, 0.15) is 11.5 Å². The van der Waals surface area contributed by atoms with E-state index in [1.165, 1.54) is 56.2 Å². The number of allylic oxidation sites excluding steroid dienone is 5. The van der Waals surface area contributed by atoms with E-state index in [1.54, 1.807) is 0 Å². The molecule has 162 valence electrons. The Balaban J connectivity index is 1.58. The average Bonchev–Trinajstić information content (AvgIpc) is 3.20. The smallest absolute Gasteiger partial charge is 0.140 e. The van der Waals surface area contributed by atoms with Gasteiger partial charge in [-0.3, -0.25) is 0 Å². The molecule has 0 bridgehead atoms. The van der Waals surface area contributed by atoms with Gasteiger partial charge < -0.3 is 4.74 Å². The van der Waals surface area contributed by atoms with Crippen molar-refractivity contribution >= 4 is 10.8 Å². The lowest BCUT2D eigenvalue weighted by Gasteiger charge is -2.44. The van der Waals surface area contributed by atoms with Gasteiger partial charge in [0.15, 0.2) is 0 Å². The Morgan fingerprint density at radius 1 is 0.735 bits per heavy atom. The number of rotatable bonds is 0. The van der Waals surface area contributed by atoms with Crippen LogP contribution in [0.4, 0.5) is 0 Å². The maximum absolute atomic E-state index is 7.00. The van der Waals surface area contributed by atoms with Crippen molar-refractivity contribution in [2.24, 2.45) is 5.92 Å². The third kappa shape index (κ3) is 2.16. The molecule has 8 rings (SSSR count). The monoisotopic (exact) mass is 436 g/mol. The Bertz CT molecular complexity index is 1570. The third-order valence-electron chi connectivity index (χ3n) is 8.38. The van der Waals surface area contributed by atoms with Gasteiger partial charge >= 0.3 is 0 Å². The molecule has 1 heteroatoms. The highest BCUT2D eigenvalue weighted by molar-refractivity contribution is 5.95. The van der Waals surface area contributed by atoms with Crippen LogP contribution in [0.2, 0.25) is 0 Å². The molecular weight excluding hydrogens is 412 g/mol. The Kier molecular flexibility index (Phi) is 3.61. The summed E-state index contributed by atoms with van der Waals surface area (Å²) in [5.41, 5.74) is 9.03. The highest BCUT2D eigenvalue weighted by Crippen LogP contribution is 2.63. The lowest BCUT2D eigenvalue weighted by atomic mass is 9.62. The summed E-state index contributed by atoms with van der Waals surface area (Å²) in [6.45, 7) is 0. The van der Waals surface area contributed by atoms with Crippen LogP contribution in [0.15, 0.2) is 120 Å². The number of fused-ring (bicyclic) bond motifs is 12. The molecule has 1 unspecified atom stereocenters.